The van der Waals surface area contributed by atoms with E-state index in [2.05, 4.69) is 66.3 Å². The SMILES string of the molecule is CCCC(C)CN[C@H](C)c1ccccc1Br. The van der Waals surface area contributed by atoms with Crippen LogP contribution in [0.1, 0.15) is 45.2 Å². The van der Waals surface area contributed by atoms with Crippen LogP contribution in [0.3, 0.4) is 0 Å². The maximum atomic E-state index is 3.59. The highest BCUT2D eigenvalue weighted by Crippen LogP contribution is 2.22. The van der Waals surface area contributed by atoms with Crippen molar-refractivity contribution in [2.45, 2.75) is 39.7 Å². The van der Waals surface area contributed by atoms with Crippen molar-refractivity contribution in [1.82, 2.24) is 5.32 Å². The molecule has 1 rings (SSSR count). The zero-order chi connectivity index (χ0) is 12.0. The monoisotopic (exact) mass is 283 g/mol. The van der Waals surface area contributed by atoms with Gasteiger partial charge in [-0.1, -0.05) is 54.4 Å². The topological polar surface area (TPSA) is 12.0 Å². The number of hydrogen-bond acceptors (Lipinski definition) is 1. The van der Waals surface area contributed by atoms with Gasteiger partial charge in [0.25, 0.3) is 0 Å². The van der Waals surface area contributed by atoms with Crippen molar-refractivity contribution in [1.29, 1.82) is 0 Å². The fourth-order valence-electron chi connectivity index (χ4n) is 1.91. The Hall–Kier alpha value is -0.340. The lowest BCUT2D eigenvalue weighted by atomic mass is 10.0. The van der Waals surface area contributed by atoms with E-state index >= 15 is 0 Å². The van der Waals surface area contributed by atoms with Crippen molar-refractivity contribution in [2.24, 2.45) is 5.92 Å². The first-order valence-corrected chi connectivity index (χ1v) is 6.92. The van der Waals surface area contributed by atoms with Crippen molar-refractivity contribution < 1.29 is 0 Å². The summed E-state index contributed by atoms with van der Waals surface area (Å²) in [6.45, 7) is 7.87. The van der Waals surface area contributed by atoms with Crippen LogP contribution < -0.4 is 5.32 Å². The second kappa shape index (κ2) is 7.08. The van der Waals surface area contributed by atoms with Crippen molar-refractivity contribution in [2.75, 3.05) is 6.54 Å². The van der Waals surface area contributed by atoms with E-state index in [1.54, 1.807) is 0 Å². The van der Waals surface area contributed by atoms with Gasteiger partial charge in [-0.3, -0.25) is 0 Å². The minimum absolute atomic E-state index is 0.412. The summed E-state index contributed by atoms with van der Waals surface area (Å²) in [4.78, 5) is 0. The lowest BCUT2D eigenvalue weighted by molar-refractivity contribution is 0.443. The van der Waals surface area contributed by atoms with E-state index < -0.39 is 0 Å². The van der Waals surface area contributed by atoms with Crippen LogP contribution in [0.5, 0.6) is 0 Å². The molecule has 1 aromatic rings. The molecule has 0 heterocycles. The molecular formula is C14H22BrN. The summed E-state index contributed by atoms with van der Waals surface area (Å²) < 4.78 is 1.19. The quantitative estimate of drug-likeness (QED) is 0.809. The Morgan fingerprint density at radius 1 is 1.25 bits per heavy atom. The Kier molecular flexibility index (Phi) is 6.07. The first-order valence-electron chi connectivity index (χ1n) is 6.13. The molecule has 0 aliphatic rings. The number of hydrogen-bond donors (Lipinski definition) is 1. The largest absolute Gasteiger partial charge is 0.310 e. The maximum absolute atomic E-state index is 3.59. The van der Waals surface area contributed by atoms with Gasteiger partial charge in [0.15, 0.2) is 0 Å². The first kappa shape index (κ1) is 13.7. The third kappa shape index (κ3) is 4.26. The highest BCUT2D eigenvalue weighted by molar-refractivity contribution is 9.10. The summed E-state index contributed by atoms with van der Waals surface area (Å²) in [5, 5.41) is 3.59. The summed E-state index contributed by atoms with van der Waals surface area (Å²) in [5.74, 6) is 0.759. The normalized spacial score (nSPS) is 14.8. The maximum Gasteiger partial charge on any atom is 0.0303 e. The molecule has 90 valence electrons. The Morgan fingerprint density at radius 2 is 1.94 bits per heavy atom. The van der Waals surface area contributed by atoms with Crippen molar-refractivity contribution in [3.63, 3.8) is 0 Å². The Balaban J connectivity index is 2.46. The average Bonchev–Trinajstić information content (AvgIpc) is 2.27. The van der Waals surface area contributed by atoms with Crippen LogP contribution in [-0.4, -0.2) is 6.54 Å². The molecule has 16 heavy (non-hydrogen) atoms. The molecule has 2 heteroatoms. The summed E-state index contributed by atoms with van der Waals surface area (Å²) >= 11 is 3.59. The van der Waals surface area contributed by atoms with Gasteiger partial charge in [-0.25, -0.2) is 0 Å². The van der Waals surface area contributed by atoms with Crippen molar-refractivity contribution in [3.8, 4) is 0 Å². The fraction of sp³-hybridized carbons (Fsp3) is 0.571. The van der Waals surface area contributed by atoms with Crippen LogP contribution in [0.25, 0.3) is 0 Å². The molecule has 0 bridgehead atoms. The molecule has 0 saturated heterocycles. The molecule has 1 N–H and O–H groups in total. The summed E-state index contributed by atoms with van der Waals surface area (Å²) in [6, 6.07) is 8.83. The number of benzene rings is 1. The van der Waals surface area contributed by atoms with E-state index in [1.165, 1.54) is 22.9 Å². The molecule has 0 aliphatic carbocycles. The minimum Gasteiger partial charge on any atom is -0.310 e. The smallest absolute Gasteiger partial charge is 0.0303 e. The van der Waals surface area contributed by atoms with Crippen LogP contribution in [0.4, 0.5) is 0 Å². The van der Waals surface area contributed by atoms with Crippen molar-refractivity contribution >= 4 is 15.9 Å². The lowest BCUT2D eigenvalue weighted by Crippen LogP contribution is -2.24. The Morgan fingerprint density at radius 3 is 2.56 bits per heavy atom. The number of halogens is 1. The van der Waals surface area contributed by atoms with E-state index in [0.29, 0.717) is 6.04 Å². The second-order valence-corrected chi connectivity index (χ2v) is 5.40. The molecule has 0 fully saturated rings. The van der Waals surface area contributed by atoms with Crippen LogP contribution in [-0.2, 0) is 0 Å². The van der Waals surface area contributed by atoms with Crippen LogP contribution in [0.15, 0.2) is 28.7 Å². The van der Waals surface area contributed by atoms with Gasteiger partial charge in [-0.2, -0.15) is 0 Å². The lowest BCUT2D eigenvalue weighted by Gasteiger charge is -2.18. The first-order chi connectivity index (χ1) is 7.65. The molecular weight excluding hydrogens is 262 g/mol. The minimum atomic E-state index is 0.412. The third-order valence-corrected chi connectivity index (χ3v) is 3.65. The van der Waals surface area contributed by atoms with E-state index in [4.69, 9.17) is 0 Å². The van der Waals surface area contributed by atoms with E-state index in [9.17, 15) is 0 Å². The Bertz CT molecular complexity index is 311. The standard InChI is InChI=1S/C14H22BrN/c1-4-7-11(2)10-16-12(3)13-8-5-6-9-14(13)15/h5-6,8-9,11-12,16H,4,7,10H2,1-3H3/t11?,12-/m1/s1. The molecule has 0 aromatic heterocycles. The zero-order valence-electron chi connectivity index (χ0n) is 10.5. The van der Waals surface area contributed by atoms with Gasteiger partial charge in [0.1, 0.15) is 0 Å². The molecule has 0 aliphatic heterocycles. The highest BCUT2D eigenvalue weighted by Gasteiger charge is 2.09. The van der Waals surface area contributed by atoms with Gasteiger partial charge >= 0.3 is 0 Å². The van der Waals surface area contributed by atoms with Crippen molar-refractivity contribution in [3.05, 3.63) is 34.3 Å². The van der Waals surface area contributed by atoms with Gasteiger partial charge < -0.3 is 5.32 Å². The van der Waals surface area contributed by atoms with Crippen LogP contribution >= 0.6 is 15.9 Å². The Labute approximate surface area is 108 Å². The van der Waals surface area contributed by atoms with Crippen LogP contribution in [0, 0.1) is 5.92 Å². The van der Waals surface area contributed by atoms with E-state index in [1.807, 2.05) is 0 Å². The molecule has 0 amide bonds. The molecule has 0 spiro atoms. The second-order valence-electron chi connectivity index (χ2n) is 4.55. The summed E-state index contributed by atoms with van der Waals surface area (Å²) in [6.07, 6.45) is 2.57. The summed E-state index contributed by atoms with van der Waals surface area (Å²) in [7, 11) is 0. The predicted molar refractivity (Wildman–Crippen MR) is 74.6 cm³/mol. The summed E-state index contributed by atoms with van der Waals surface area (Å²) in [5.41, 5.74) is 1.34. The number of rotatable bonds is 6. The zero-order valence-corrected chi connectivity index (χ0v) is 12.0. The van der Waals surface area contributed by atoms with Gasteiger partial charge in [0, 0.05) is 10.5 Å². The van der Waals surface area contributed by atoms with E-state index in [0.717, 1.165) is 12.5 Å². The van der Waals surface area contributed by atoms with Crippen LogP contribution in [0.2, 0.25) is 0 Å². The molecule has 1 nitrogen and oxygen atoms in total. The van der Waals surface area contributed by atoms with Gasteiger partial charge in [-0.15, -0.1) is 0 Å². The van der Waals surface area contributed by atoms with Gasteiger partial charge in [0.05, 0.1) is 0 Å². The molecule has 0 saturated carbocycles. The fourth-order valence-corrected chi connectivity index (χ4v) is 2.54. The third-order valence-electron chi connectivity index (χ3n) is 2.93. The predicted octanol–water partition coefficient (Wildman–Crippen LogP) is 4.54. The molecule has 1 unspecified atom stereocenters. The average molecular weight is 284 g/mol. The van der Waals surface area contributed by atoms with Gasteiger partial charge in [0.2, 0.25) is 0 Å². The highest BCUT2D eigenvalue weighted by atomic mass is 79.9. The molecule has 2 atom stereocenters. The number of nitrogens with one attached hydrogen (secondary N) is 1. The van der Waals surface area contributed by atoms with Gasteiger partial charge in [-0.05, 0) is 37.4 Å². The van der Waals surface area contributed by atoms with E-state index in [-0.39, 0.29) is 0 Å². The molecule has 0 radical (unpaired) electrons. The molecule has 1 aromatic carbocycles.